The van der Waals surface area contributed by atoms with Crippen LogP contribution in [0.15, 0.2) is 16.6 Å². The van der Waals surface area contributed by atoms with Gasteiger partial charge in [0.1, 0.15) is 0 Å². The second kappa shape index (κ2) is 3.77. The molecule has 0 fully saturated rings. The lowest BCUT2D eigenvalue weighted by Crippen LogP contribution is -1.94. The maximum Gasteiger partial charge on any atom is 0.254 e. The monoisotopic (exact) mass is 266 g/mol. The maximum absolute atomic E-state index is 10.9. The third kappa shape index (κ3) is 1.82. The molecule has 0 aliphatic rings. The topological polar surface area (TPSA) is 17.1 Å². The Morgan fingerprint density at radius 1 is 1.50 bits per heavy atom. The van der Waals surface area contributed by atoms with Gasteiger partial charge in [-0.05, 0) is 46.1 Å². The van der Waals surface area contributed by atoms with Gasteiger partial charge in [0.2, 0.25) is 0 Å². The van der Waals surface area contributed by atoms with Crippen LogP contribution in [0.25, 0.3) is 0 Å². The lowest BCUT2D eigenvalue weighted by molar-refractivity contribution is 0.108. The number of benzene rings is 1. The van der Waals surface area contributed by atoms with Crippen molar-refractivity contribution in [1.29, 1.82) is 0 Å². The van der Waals surface area contributed by atoms with Crippen LogP contribution in [0.5, 0.6) is 0 Å². The zero-order valence-corrected chi connectivity index (χ0v) is 9.29. The average molecular weight is 268 g/mol. The Kier molecular flexibility index (Phi) is 3.16. The molecule has 0 amide bonds. The number of carbonyl (C=O) groups excluding carboxylic acids is 1. The molecule has 0 atom stereocenters. The van der Waals surface area contributed by atoms with Gasteiger partial charge in [-0.25, -0.2) is 0 Å². The zero-order chi connectivity index (χ0) is 9.30. The molecule has 0 saturated carbocycles. The van der Waals surface area contributed by atoms with Crippen molar-refractivity contribution in [2.45, 2.75) is 6.92 Å². The Morgan fingerprint density at radius 3 is 2.50 bits per heavy atom. The molecule has 0 bridgehead atoms. The van der Waals surface area contributed by atoms with E-state index in [1.165, 1.54) is 0 Å². The molecule has 12 heavy (non-hydrogen) atoms. The fourth-order valence-electron chi connectivity index (χ4n) is 0.888. The minimum absolute atomic E-state index is 0.368. The van der Waals surface area contributed by atoms with Gasteiger partial charge in [0.15, 0.2) is 0 Å². The van der Waals surface area contributed by atoms with Crippen molar-refractivity contribution in [3.63, 3.8) is 0 Å². The van der Waals surface area contributed by atoms with Crippen LogP contribution in [0, 0.1) is 6.92 Å². The molecular weight excluding hydrogens is 263 g/mol. The predicted molar refractivity (Wildman–Crippen MR) is 54.1 cm³/mol. The summed E-state index contributed by atoms with van der Waals surface area (Å²) in [7, 11) is 0. The van der Waals surface area contributed by atoms with Crippen molar-refractivity contribution in [2.75, 3.05) is 0 Å². The van der Waals surface area contributed by atoms with Crippen LogP contribution in [-0.4, -0.2) is 5.24 Å². The summed E-state index contributed by atoms with van der Waals surface area (Å²) < 4.78 is 0.679. The number of hydrogen-bond donors (Lipinski definition) is 0. The lowest BCUT2D eigenvalue weighted by Gasteiger charge is -2.04. The minimum atomic E-state index is -0.529. The number of aryl methyl sites for hydroxylation is 1. The molecule has 0 aromatic heterocycles. The molecule has 0 heterocycles. The number of rotatable bonds is 1. The van der Waals surface area contributed by atoms with Crippen molar-refractivity contribution in [2.24, 2.45) is 0 Å². The molecule has 0 aliphatic heterocycles. The second-order valence-electron chi connectivity index (χ2n) is 2.33. The molecule has 64 valence electrons. The standard InChI is InChI=1S/C8H5BrCl2O/c1-4-2-3-5(9)7(10)6(4)8(11)12/h2-3H,1H3. The van der Waals surface area contributed by atoms with E-state index in [4.69, 9.17) is 23.2 Å². The van der Waals surface area contributed by atoms with E-state index in [1.807, 2.05) is 0 Å². The van der Waals surface area contributed by atoms with Crippen LogP contribution in [0.4, 0.5) is 0 Å². The molecule has 0 unspecified atom stereocenters. The molecule has 1 rings (SSSR count). The molecule has 1 aromatic carbocycles. The Balaban J connectivity index is 3.43. The lowest BCUT2D eigenvalue weighted by atomic mass is 10.1. The van der Waals surface area contributed by atoms with Crippen LogP contribution < -0.4 is 0 Å². The maximum atomic E-state index is 10.9. The van der Waals surface area contributed by atoms with Crippen molar-refractivity contribution >= 4 is 44.4 Å². The Hall–Kier alpha value is -0.0500. The first-order chi connectivity index (χ1) is 5.54. The van der Waals surface area contributed by atoms with Crippen LogP contribution in [0.3, 0.4) is 0 Å². The van der Waals surface area contributed by atoms with Gasteiger partial charge in [0.25, 0.3) is 5.24 Å². The summed E-state index contributed by atoms with van der Waals surface area (Å²) in [5.74, 6) is 0. The fraction of sp³-hybridized carbons (Fsp3) is 0.125. The summed E-state index contributed by atoms with van der Waals surface area (Å²) in [5, 5.41) is -0.159. The highest BCUT2D eigenvalue weighted by Crippen LogP contribution is 2.29. The van der Waals surface area contributed by atoms with Crippen LogP contribution in [0.2, 0.25) is 5.02 Å². The normalized spacial score (nSPS) is 10.0. The summed E-state index contributed by atoms with van der Waals surface area (Å²) in [6.07, 6.45) is 0. The molecule has 0 aliphatic carbocycles. The molecule has 0 radical (unpaired) electrons. The molecule has 0 N–H and O–H groups in total. The van der Waals surface area contributed by atoms with E-state index < -0.39 is 5.24 Å². The Bertz CT molecular complexity index is 336. The largest absolute Gasteiger partial charge is 0.276 e. The van der Waals surface area contributed by atoms with E-state index in [2.05, 4.69) is 15.9 Å². The SMILES string of the molecule is Cc1ccc(Br)c(Cl)c1C(=O)Cl. The summed E-state index contributed by atoms with van der Waals surface area (Å²) in [5.41, 5.74) is 1.15. The van der Waals surface area contributed by atoms with Crippen molar-refractivity contribution in [3.8, 4) is 0 Å². The van der Waals surface area contributed by atoms with Gasteiger partial charge >= 0.3 is 0 Å². The number of halogens is 3. The van der Waals surface area contributed by atoms with Gasteiger partial charge in [-0.15, -0.1) is 0 Å². The fourth-order valence-corrected chi connectivity index (χ4v) is 1.81. The Labute approximate surface area is 88.8 Å². The highest BCUT2D eigenvalue weighted by Gasteiger charge is 2.12. The summed E-state index contributed by atoms with van der Waals surface area (Å²) in [6.45, 7) is 1.79. The van der Waals surface area contributed by atoms with Gasteiger partial charge in [0.05, 0.1) is 10.6 Å². The van der Waals surface area contributed by atoms with Gasteiger partial charge in [0, 0.05) is 4.47 Å². The zero-order valence-electron chi connectivity index (χ0n) is 6.20. The second-order valence-corrected chi connectivity index (χ2v) is 3.90. The van der Waals surface area contributed by atoms with E-state index in [0.717, 1.165) is 5.56 Å². The summed E-state index contributed by atoms with van der Waals surface area (Å²) >= 11 is 14.4. The van der Waals surface area contributed by atoms with E-state index in [0.29, 0.717) is 15.1 Å². The third-order valence-corrected chi connectivity index (χ3v) is 2.97. The van der Waals surface area contributed by atoms with Crippen molar-refractivity contribution < 1.29 is 4.79 Å². The van der Waals surface area contributed by atoms with Gasteiger partial charge in [-0.1, -0.05) is 17.7 Å². The van der Waals surface area contributed by atoms with Crippen LogP contribution >= 0.6 is 39.1 Å². The van der Waals surface area contributed by atoms with E-state index in [1.54, 1.807) is 19.1 Å². The van der Waals surface area contributed by atoms with E-state index in [9.17, 15) is 4.79 Å². The van der Waals surface area contributed by atoms with E-state index in [-0.39, 0.29) is 0 Å². The smallest absolute Gasteiger partial charge is 0.254 e. The van der Waals surface area contributed by atoms with E-state index >= 15 is 0 Å². The first-order valence-corrected chi connectivity index (χ1v) is 4.73. The Morgan fingerprint density at radius 2 is 2.08 bits per heavy atom. The predicted octanol–water partition coefficient (Wildman–Crippen LogP) is 3.79. The van der Waals surface area contributed by atoms with Gasteiger partial charge in [-0.2, -0.15) is 0 Å². The molecular formula is C8H5BrCl2O. The first kappa shape index (κ1) is 10.0. The van der Waals surface area contributed by atoms with Gasteiger partial charge < -0.3 is 0 Å². The quantitative estimate of drug-likeness (QED) is 0.708. The van der Waals surface area contributed by atoms with Crippen LogP contribution in [-0.2, 0) is 0 Å². The molecule has 0 spiro atoms. The van der Waals surface area contributed by atoms with Crippen LogP contribution in [0.1, 0.15) is 15.9 Å². The average Bonchev–Trinajstić information content (AvgIpc) is 1.97. The molecule has 1 aromatic rings. The third-order valence-electron chi connectivity index (χ3n) is 1.50. The highest BCUT2D eigenvalue weighted by molar-refractivity contribution is 9.10. The number of hydrogen-bond acceptors (Lipinski definition) is 1. The number of carbonyl (C=O) groups is 1. The summed E-state index contributed by atoms with van der Waals surface area (Å²) in [6, 6.07) is 3.56. The van der Waals surface area contributed by atoms with Crippen molar-refractivity contribution in [3.05, 3.63) is 32.8 Å². The molecule has 1 nitrogen and oxygen atoms in total. The van der Waals surface area contributed by atoms with Gasteiger partial charge in [-0.3, -0.25) is 4.79 Å². The van der Waals surface area contributed by atoms with Crippen molar-refractivity contribution in [1.82, 2.24) is 0 Å². The molecule has 4 heteroatoms. The highest BCUT2D eigenvalue weighted by atomic mass is 79.9. The summed E-state index contributed by atoms with van der Waals surface area (Å²) in [4.78, 5) is 10.9. The minimum Gasteiger partial charge on any atom is -0.276 e. The first-order valence-electron chi connectivity index (χ1n) is 3.18. The molecule has 0 saturated heterocycles.